The molecular weight excluding hydrogens is 366 g/mol. The summed E-state index contributed by atoms with van der Waals surface area (Å²) in [6.07, 6.45) is 4.12. The van der Waals surface area contributed by atoms with Crippen LogP contribution in [0.15, 0.2) is 29.3 Å². The fraction of sp³-hybridized carbons (Fsp3) is 0.611. The van der Waals surface area contributed by atoms with Crippen molar-refractivity contribution in [2.45, 2.75) is 43.9 Å². The molecule has 0 aromatic heterocycles. The van der Waals surface area contributed by atoms with Gasteiger partial charge >= 0.3 is 0 Å². The van der Waals surface area contributed by atoms with E-state index >= 15 is 0 Å². The highest BCUT2D eigenvalue weighted by Gasteiger charge is 2.25. The van der Waals surface area contributed by atoms with Crippen LogP contribution in [0.4, 0.5) is 11.4 Å². The zero-order valence-electron chi connectivity index (χ0n) is 15.9. The first kappa shape index (κ1) is 21.1. The highest BCUT2D eigenvalue weighted by Crippen LogP contribution is 2.23. The molecule has 0 heterocycles. The van der Waals surface area contributed by atoms with Crippen LogP contribution in [0.3, 0.4) is 0 Å². The van der Waals surface area contributed by atoms with Gasteiger partial charge in [-0.15, -0.1) is 0 Å². The second-order valence-corrected chi connectivity index (χ2v) is 8.53. The van der Waals surface area contributed by atoms with Crippen LogP contribution in [0.25, 0.3) is 0 Å². The zero-order valence-corrected chi connectivity index (χ0v) is 16.8. The van der Waals surface area contributed by atoms with Crippen molar-refractivity contribution in [1.29, 1.82) is 0 Å². The number of hydrogen-bond acceptors (Lipinski definition) is 5. The van der Waals surface area contributed by atoms with Crippen LogP contribution >= 0.6 is 0 Å². The first-order valence-electron chi connectivity index (χ1n) is 9.36. The molecule has 27 heavy (non-hydrogen) atoms. The number of nitro groups is 1. The molecule has 1 aliphatic rings. The Bertz CT molecular complexity index is 665. The fourth-order valence-electron chi connectivity index (χ4n) is 3.23. The molecule has 9 heteroatoms. The molecule has 0 spiro atoms. The highest BCUT2D eigenvalue weighted by atomic mass is 32.2. The lowest BCUT2D eigenvalue weighted by Crippen LogP contribution is -2.47. The van der Waals surface area contributed by atoms with E-state index in [0.29, 0.717) is 19.1 Å². The maximum Gasteiger partial charge on any atom is 0.269 e. The third kappa shape index (κ3) is 6.82. The molecular formula is C18H29N5O3S. The Morgan fingerprint density at radius 2 is 2.04 bits per heavy atom. The van der Waals surface area contributed by atoms with Crippen molar-refractivity contribution in [2.24, 2.45) is 4.99 Å². The van der Waals surface area contributed by atoms with Crippen molar-refractivity contribution < 1.29 is 9.13 Å². The lowest BCUT2D eigenvalue weighted by Gasteiger charge is -2.30. The quantitative estimate of drug-likeness (QED) is 0.205. The molecule has 0 bridgehead atoms. The van der Waals surface area contributed by atoms with Gasteiger partial charge in [0.15, 0.2) is 5.96 Å². The number of aliphatic imine (C=N–C) groups is 1. The first-order valence-corrected chi connectivity index (χ1v) is 10.7. The third-order valence-electron chi connectivity index (χ3n) is 4.67. The number of benzene rings is 1. The van der Waals surface area contributed by atoms with Crippen molar-refractivity contribution in [1.82, 2.24) is 10.6 Å². The zero-order chi connectivity index (χ0) is 19.6. The van der Waals surface area contributed by atoms with Gasteiger partial charge in [-0.25, -0.2) is 0 Å². The van der Waals surface area contributed by atoms with Crippen molar-refractivity contribution in [3.05, 3.63) is 34.4 Å². The predicted molar refractivity (Wildman–Crippen MR) is 111 cm³/mol. The van der Waals surface area contributed by atoms with Crippen LogP contribution < -0.4 is 16.0 Å². The Morgan fingerprint density at radius 3 is 2.67 bits per heavy atom. The molecule has 3 atom stereocenters. The normalized spacial score (nSPS) is 21.3. The maximum atomic E-state index is 12.1. The van der Waals surface area contributed by atoms with E-state index in [4.69, 9.17) is 0 Å². The molecule has 8 nitrogen and oxygen atoms in total. The lowest BCUT2D eigenvalue weighted by molar-refractivity contribution is -0.384. The summed E-state index contributed by atoms with van der Waals surface area (Å²) in [5.41, 5.74) is 0.917. The summed E-state index contributed by atoms with van der Waals surface area (Å²) < 4.78 is 12.1. The fourth-order valence-corrected chi connectivity index (χ4v) is 4.58. The molecule has 1 saturated carbocycles. The number of hydrogen-bond donors (Lipinski definition) is 3. The van der Waals surface area contributed by atoms with Crippen LogP contribution in [0, 0.1) is 10.1 Å². The molecule has 0 amide bonds. The van der Waals surface area contributed by atoms with Gasteiger partial charge in [0, 0.05) is 65.8 Å². The summed E-state index contributed by atoms with van der Waals surface area (Å²) in [4.78, 5) is 14.5. The molecule has 3 N–H and O–H groups in total. The van der Waals surface area contributed by atoms with Crippen molar-refractivity contribution in [2.75, 3.05) is 31.2 Å². The van der Waals surface area contributed by atoms with Gasteiger partial charge in [-0.1, -0.05) is 13.3 Å². The van der Waals surface area contributed by atoms with E-state index in [1.807, 2.05) is 6.92 Å². The Balaban J connectivity index is 1.72. The first-order chi connectivity index (χ1) is 13.0. The Kier molecular flexibility index (Phi) is 8.50. The number of guanidine groups is 1. The van der Waals surface area contributed by atoms with Gasteiger partial charge in [-0.05, 0) is 31.4 Å². The van der Waals surface area contributed by atoms with Crippen LogP contribution in [-0.4, -0.2) is 52.3 Å². The smallest absolute Gasteiger partial charge is 0.269 e. The van der Waals surface area contributed by atoms with Crippen LogP contribution in [0.2, 0.25) is 0 Å². The van der Waals surface area contributed by atoms with Crippen LogP contribution in [-0.2, 0) is 10.8 Å². The number of non-ortho nitro benzene ring substituents is 1. The standard InChI is InChI=1S/C18H29N5O3S/c1-3-27(26)17-6-4-5-15(13-17)22-18(19-2)21-12-11-20-14-7-9-16(10-8-14)23(24)25/h7-10,15,17,20H,3-6,11-13H2,1-2H3,(H2,19,21,22). The van der Waals surface area contributed by atoms with Gasteiger partial charge in [0.25, 0.3) is 5.69 Å². The molecule has 150 valence electrons. The monoisotopic (exact) mass is 395 g/mol. The predicted octanol–water partition coefficient (Wildman–Crippen LogP) is 2.25. The summed E-state index contributed by atoms with van der Waals surface area (Å²) in [6.45, 7) is 3.30. The second-order valence-electron chi connectivity index (χ2n) is 6.53. The Morgan fingerprint density at radius 1 is 1.30 bits per heavy atom. The molecule has 0 radical (unpaired) electrons. The lowest BCUT2D eigenvalue weighted by atomic mass is 9.95. The molecule has 1 aromatic rings. The van der Waals surface area contributed by atoms with Gasteiger partial charge in [-0.3, -0.25) is 19.3 Å². The van der Waals surface area contributed by atoms with Gasteiger partial charge in [0.05, 0.1) is 4.92 Å². The molecule has 2 rings (SSSR count). The van der Waals surface area contributed by atoms with Gasteiger partial charge in [0.2, 0.25) is 0 Å². The highest BCUT2D eigenvalue weighted by molar-refractivity contribution is 7.85. The molecule has 1 aromatic carbocycles. The molecule has 3 unspecified atom stereocenters. The van der Waals surface area contributed by atoms with E-state index in [1.165, 1.54) is 12.1 Å². The molecule has 0 saturated heterocycles. The van der Waals surface area contributed by atoms with E-state index in [9.17, 15) is 14.3 Å². The topological polar surface area (TPSA) is 109 Å². The summed E-state index contributed by atoms with van der Waals surface area (Å²) in [6, 6.07) is 6.65. The summed E-state index contributed by atoms with van der Waals surface area (Å²) in [5, 5.41) is 20.9. The number of nitro benzene ring substituents is 1. The minimum atomic E-state index is -0.736. The van der Waals surface area contributed by atoms with Gasteiger partial charge in [-0.2, -0.15) is 0 Å². The van der Waals surface area contributed by atoms with Crippen LogP contribution in [0.5, 0.6) is 0 Å². The third-order valence-corrected chi connectivity index (χ3v) is 6.41. The van der Waals surface area contributed by atoms with Gasteiger partial charge < -0.3 is 16.0 Å². The van der Waals surface area contributed by atoms with Crippen molar-refractivity contribution in [3.8, 4) is 0 Å². The number of rotatable bonds is 8. The second kappa shape index (κ2) is 10.9. The van der Waals surface area contributed by atoms with Crippen molar-refractivity contribution >= 4 is 28.1 Å². The van der Waals surface area contributed by atoms with E-state index in [2.05, 4.69) is 20.9 Å². The summed E-state index contributed by atoms with van der Waals surface area (Å²) in [5.74, 6) is 1.46. The Hall–Kier alpha value is -2.16. The molecule has 0 aliphatic heterocycles. The number of nitrogens with one attached hydrogen (secondary N) is 3. The maximum absolute atomic E-state index is 12.1. The number of nitrogens with zero attached hydrogens (tertiary/aromatic N) is 2. The molecule has 1 aliphatic carbocycles. The molecule has 1 fully saturated rings. The summed E-state index contributed by atoms with van der Waals surface area (Å²) >= 11 is 0. The van der Waals surface area contributed by atoms with Crippen LogP contribution in [0.1, 0.15) is 32.6 Å². The van der Waals surface area contributed by atoms with Crippen molar-refractivity contribution in [3.63, 3.8) is 0 Å². The Labute approximate surface area is 162 Å². The van der Waals surface area contributed by atoms with E-state index in [-0.39, 0.29) is 10.9 Å². The number of anilines is 1. The minimum Gasteiger partial charge on any atom is -0.383 e. The average molecular weight is 396 g/mol. The van der Waals surface area contributed by atoms with E-state index < -0.39 is 15.7 Å². The SMILES string of the molecule is CCS(=O)C1CCCC(NC(=NC)NCCNc2ccc([N+](=O)[O-])cc2)C1. The largest absolute Gasteiger partial charge is 0.383 e. The van der Waals surface area contributed by atoms with Gasteiger partial charge in [0.1, 0.15) is 0 Å². The average Bonchev–Trinajstić information content (AvgIpc) is 2.70. The summed E-state index contributed by atoms with van der Waals surface area (Å²) in [7, 11) is 1.00. The van der Waals surface area contributed by atoms with E-state index in [1.54, 1.807) is 19.2 Å². The minimum absolute atomic E-state index is 0.0815. The van der Waals surface area contributed by atoms with E-state index in [0.717, 1.165) is 43.1 Å².